The molecule has 1 aromatic rings. The predicted molar refractivity (Wildman–Crippen MR) is 44.5 cm³/mol. The van der Waals surface area contributed by atoms with Crippen molar-refractivity contribution < 1.29 is 4.39 Å². The fourth-order valence-corrected chi connectivity index (χ4v) is 1.62. The van der Waals surface area contributed by atoms with Gasteiger partial charge in [-0.1, -0.05) is 18.2 Å². The number of rotatable bonds is 0. The maximum atomic E-state index is 12.6. The highest BCUT2D eigenvalue weighted by Gasteiger charge is 2.07. The Hall–Kier alpha value is -0.960. The summed E-state index contributed by atoms with van der Waals surface area (Å²) < 4.78 is 15.1. The van der Waals surface area contributed by atoms with Crippen LogP contribution in [0.1, 0.15) is 5.56 Å². The molecule has 56 valence electrons. The summed E-state index contributed by atoms with van der Waals surface area (Å²) in [4.78, 5) is 1.06. The van der Waals surface area contributed by atoms with Gasteiger partial charge in [-0.2, -0.15) is 4.39 Å². The van der Waals surface area contributed by atoms with Crippen molar-refractivity contribution in [3.05, 3.63) is 35.8 Å². The first-order valence-corrected chi connectivity index (χ1v) is 4.07. The highest BCUT2D eigenvalue weighted by molar-refractivity contribution is 7.97. The maximum absolute atomic E-state index is 12.6. The zero-order valence-corrected chi connectivity index (χ0v) is 6.49. The van der Waals surface area contributed by atoms with Gasteiger partial charge < -0.3 is 4.72 Å². The van der Waals surface area contributed by atoms with E-state index in [9.17, 15) is 4.39 Å². The molecule has 0 unspecified atom stereocenters. The molecule has 1 N–H and O–H groups in total. The molecule has 0 aliphatic carbocycles. The second-order valence-corrected chi connectivity index (χ2v) is 3.08. The standard InChI is InChI=1S/C8H6FNS/c9-8-5-6-3-1-2-4-7(6)11-10-8/h1-5,10H. The van der Waals surface area contributed by atoms with Gasteiger partial charge in [-0.25, -0.2) is 0 Å². The van der Waals surface area contributed by atoms with Crippen LogP contribution in [0.4, 0.5) is 4.39 Å². The molecule has 1 heterocycles. The number of halogens is 1. The maximum Gasteiger partial charge on any atom is 0.197 e. The van der Waals surface area contributed by atoms with Crippen molar-refractivity contribution >= 4 is 18.0 Å². The van der Waals surface area contributed by atoms with Crippen LogP contribution < -0.4 is 4.72 Å². The third-order valence-corrected chi connectivity index (χ3v) is 2.35. The van der Waals surface area contributed by atoms with E-state index in [0.29, 0.717) is 0 Å². The lowest BCUT2D eigenvalue weighted by Crippen LogP contribution is -2.03. The number of hydrogen-bond donors (Lipinski definition) is 1. The zero-order chi connectivity index (χ0) is 7.68. The highest BCUT2D eigenvalue weighted by Crippen LogP contribution is 2.27. The molecule has 2 rings (SSSR count). The smallest absolute Gasteiger partial charge is 0.197 e. The lowest BCUT2D eigenvalue weighted by atomic mass is 10.2. The Morgan fingerprint density at radius 2 is 2.09 bits per heavy atom. The third-order valence-electron chi connectivity index (χ3n) is 1.46. The van der Waals surface area contributed by atoms with E-state index in [1.54, 1.807) is 0 Å². The van der Waals surface area contributed by atoms with Crippen LogP contribution in [-0.4, -0.2) is 0 Å². The Bertz CT molecular complexity index is 309. The van der Waals surface area contributed by atoms with E-state index in [1.807, 2.05) is 24.3 Å². The van der Waals surface area contributed by atoms with Crippen LogP contribution in [-0.2, 0) is 0 Å². The van der Waals surface area contributed by atoms with Crippen LogP contribution >= 0.6 is 11.9 Å². The van der Waals surface area contributed by atoms with Gasteiger partial charge in [0.1, 0.15) is 0 Å². The summed E-state index contributed by atoms with van der Waals surface area (Å²) in [5.74, 6) is -0.284. The van der Waals surface area contributed by atoms with Gasteiger partial charge in [0, 0.05) is 11.0 Å². The van der Waals surface area contributed by atoms with E-state index in [-0.39, 0.29) is 5.95 Å². The Morgan fingerprint density at radius 3 is 3.00 bits per heavy atom. The third kappa shape index (κ3) is 1.24. The van der Waals surface area contributed by atoms with Crippen molar-refractivity contribution in [2.24, 2.45) is 0 Å². The summed E-state index contributed by atoms with van der Waals surface area (Å²) in [7, 11) is 0. The molecule has 0 aromatic heterocycles. The normalized spacial score (nSPS) is 14.8. The number of benzene rings is 1. The molecule has 1 aliphatic rings. The summed E-state index contributed by atoms with van der Waals surface area (Å²) in [5.41, 5.74) is 0.939. The zero-order valence-electron chi connectivity index (χ0n) is 5.67. The molecule has 1 aromatic carbocycles. The van der Waals surface area contributed by atoms with E-state index in [4.69, 9.17) is 0 Å². The molecule has 11 heavy (non-hydrogen) atoms. The van der Waals surface area contributed by atoms with Gasteiger partial charge in [0.2, 0.25) is 0 Å². The summed E-state index contributed by atoms with van der Waals surface area (Å²) in [5, 5.41) is 0. The Kier molecular flexibility index (Phi) is 1.58. The van der Waals surface area contributed by atoms with Crippen molar-refractivity contribution in [1.82, 2.24) is 4.72 Å². The first kappa shape index (κ1) is 6.73. The van der Waals surface area contributed by atoms with Gasteiger partial charge in [0.05, 0.1) is 0 Å². The number of fused-ring (bicyclic) bond motifs is 1. The Balaban J connectivity index is 2.51. The predicted octanol–water partition coefficient (Wildman–Crippen LogP) is 2.56. The van der Waals surface area contributed by atoms with Gasteiger partial charge in [-0.3, -0.25) is 0 Å². The fraction of sp³-hybridized carbons (Fsp3) is 0. The van der Waals surface area contributed by atoms with Crippen LogP contribution in [0.15, 0.2) is 35.1 Å². The molecule has 0 radical (unpaired) electrons. The minimum Gasteiger partial charge on any atom is -0.302 e. The molecule has 0 bridgehead atoms. The molecule has 1 nitrogen and oxygen atoms in total. The van der Waals surface area contributed by atoms with E-state index in [1.165, 1.54) is 18.0 Å². The molecule has 3 heteroatoms. The molecule has 0 spiro atoms. The minimum absolute atomic E-state index is 0.284. The van der Waals surface area contributed by atoms with E-state index in [2.05, 4.69) is 4.72 Å². The fourth-order valence-electron chi connectivity index (χ4n) is 0.962. The first-order valence-electron chi connectivity index (χ1n) is 3.25. The number of hydrogen-bond acceptors (Lipinski definition) is 2. The van der Waals surface area contributed by atoms with Crippen LogP contribution in [0.25, 0.3) is 6.08 Å². The Labute approximate surface area is 68.4 Å². The average molecular weight is 167 g/mol. The second kappa shape index (κ2) is 2.58. The highest BCUT2D eigenvalue weighted by atomic mass is 32.2. The van der Waals surface area contributed by atoms with Gasteiger partial charge in [-0.05, 0) is 23.6 Å². The lowest BCUT2D eigenvalue weighted by molar-refractivity contribution is 0.614. The van der Waals surface area contributed by atoms with Gasteiger partial charge in [0.15, 0.2) is 5.95 Å². The average Bonchev–Trinajstić information content (AvgIpc) is 2.04. The van der Waals surface area contributed by atoms with E-state index >= 15 is 0 Å². The quantitative estimate of drug-likeness (QED) is 0.470. The van der Waals surface area contributed by atoms with Gasteiger partial charge in [0.25, 0.3) is 0 Å². The lowest BCUT2D eigenvalue weighted by Gasteiger charge is -2.11. The van der Waals surface area contributed by atoms with Crippen molar-refractivity contribution in [2.45, 2.75) is 4.90 Å². The molecule has 0 amide bonds. The minimum atomic E-state index is -0.284. The summed E-state index contributed by atoms with van der Waals surface area (Å²) >= 11 is 1.30. The first-order chi connectivity index (χ1) is 5.36. The molecular formula is C8H6FNS. The van der Waals surface area contributed by atoms with Gasteiger partial charge in [-0.15, -0.1) is 0 Å². The second-order valence-electron chi connectivity index (χ2n) is 2.23. The van der Waals surface area contributed by atoms with Crippen molar-refractivity contribution in [3.63, 3.8) is 0 Å². The molecule has 0 fully saturated rings. The van der Waals surface area contributed by atoms with E-state index < -0.39 is 0 Å². The van der Waals surface area contributed by atoms with Crippen LogP contribution in [0, 0.1) is 0 Å². The van der Waals surface area contributed by atoms with Crippen LogP contribution in [0.5, 0.6) is 0 Å². The molecule has 0 saturated carbocycles. The Morgan fingerprint density at radius 1 is 1.27 bits per heavy atom. The summed E-state index contributed by atoms with van der Waals surface area (Å²) in [6.07, 6.45) is 1.49. The summed E-state index contributed by atoms with van der Waals surface area (Å²) in [6, 6.07) is 7.68. The SMILES string of the molecule is FC1=Cc2ccccc2SN1. The molecular weight excluding hydrogens is 161 g/mol. The van der Waals surface area contributed by atoms with Crippen molar-refractivity contribution in [2.75, 3.05) is 0 Å². The molecule has 0 saturated heterocycles. The van der Waals surface area contributed by atoms with E-state index in [0.717, 1.165) is 10.5 Å². The molecule has 1 aliphatic heterocycles. The number of nitrogens with one attached hydrogen (secondary N) is 1. The monoisotopic (exact) mass is 167 g/mol. The molecule has 0 atom stereocenters. The van der Waals surface area contributed by atoms with Crippen molar-refractivity contribution in [3.8, 4) is 0 Å². The van der Waals surface area contributed by atoms with Crippen LogP contribution in [0.2, 0.25) is 0 Å². The summed E-state index contributed by atoms with van der Waals surface area (Å²) in [6.45, 7) is 0. The largest absolute Gasteiger partial charge is 0.302 e. The van der Waals surface area contributed by atoms with Crippen LogP contribution in [0.3, 0.4) is 0 Å². The topological polar surface area (TPSA) is 12.0 Å². The van der Waals surface area contributed by atoms with Crippen molar-refractivity contribution in [1.29, 1.82) is 0 Å². The van der Waals surface area contributed by atoms with Gasteiger partial charge >= 0.3 is 0 Å².